The third kappa shape index (κ3) is 2.35. The number of para-hydroxylation sites is 1. The van der Waals surface area contributed by atoms with E-state index < -0.39 is 0 Å². The van der Waals surface area contributed by atoms with Crippen LogP contribution in [0.15, 0.2) is 52.9 Å². The number of ketones is 1. The van der Waals surface area contributed by atoms with Crippen LogP contribution in [0.5, 0.6) is 0 Å². The molecule has 1 heterocycles. The molecule has 0 aliphatic rings. The highest BCUT2D eigenvalue weighted by molar-refractivity contribution is 5.83. The molecule has 20 heavy (non-hydrogen) atoms. The summed E-state index contributed by atoms with van der Waals surface area (Å²) < 4.78 is 19.2. The van der Waals surface area contributed by atoms with Crippen molar-refractivity contribution in [3.05, 3.63) is 59.9 Å². The largest absolute Gasteiger partial charge is 0.453 e. The van der Waals surface area contributed by atoms with Gasteiger partial charge in [0.2, 0.25) is 0 Å². The molecule has 0 N–H and O–H groups in total. The lowest BCUT2D eigenvalue weighted by atomic mass is 10.1. The van der Waals surface area contributed by atoms with E-state index in [2.05, 4.69) is 0 Å². The van der Waals surface area contributed by atoms with Gasteiger partial charge in [0.25, 0.3) is 0 Å². The quantitative estimate of drug-likeness (QED) is 0.706. The lowest BCUT2D eigenvalue weighted by molar-refractivity contribution is -0.116. The minimum absolute atomic E-state index is 0.128. The normalized spacial score (nSPS) is 10.9. The molecule has 3 aromatic rings. The van der Waals surface area contributed by atoms with Crippen molar-refractivity contribution in [2.45, 2.75) is 13.3 Å². The number of hydrogen-bond donors (Lipinski definition) is 0. The van der Waals surface area contributed by atoms with Gasteiger partial charge in [-0.2, -0.15) is 0 Å². The summed E-state index contributed by atoms with van der Waals surface area (Å²) in [6, 6.07) is 14.2. The maximum Gasteiger partial charge on any atom is 0.170 e. The Morgan fingerprint density at radius 3 is 2.55 bits per heavy atom. The van der Waals surface area contributed by atoms with Gasteiger partial charge in [0.1, 0.15) is 11.5 Å². The first kappa shape index (κ1) is 12.6. The molecule has 0 fully saturated rings. The third-order valence-corrected chi connectivity index (χ3v) is 3.19. The minimum atomic E-state index is -0.359. The summed E-state index contributed by atoms with van der Waals surface area (Å²) in [6.45, 7) is 1.57. The second kappa shape index (κ2) is 4.93. The van der Waals surface area contributed by atoms with Gasteiger partial charge >= 0.3 is 0 Å². The minimum Gasteiger partial charge on any atom is -0.453 e. The molecule has 0 radical (unpaired) electrons. The molecule has 1 aromatic heterocycles. The highest BCUT2D eigenvalue weighted by atomic mass is 19.1. The number of Topliss-reactive ketones (excluding diaryl/α,β-unsaturated/α-hetero) is 1. The van der Waals surface area contributed by atoms with Crippen molar-refractivity contribution in [3.8, 4) is 11.3 Å². The van der Waals surface area contributed by atoms with Gasteiger partial charge in [0.15, 0.2) is 11.4 Å². The maximum absolute atomic E-state index is 13.6. The van der Waals surface area contributed by atoms with E-state index in [-0.39, 0.29) is 17.2 Å². The van der Waals surface area contributed by atoms with E-state index >= 15 is 0 Å². The molecule has 0 amide bonds. The van der Waals surface area contributed by atoms with Crippen molar-refractivity contribution in [3.63, 3.8) is 0 Å². The van der Waals surface area contributed by atoms with E-state index in [0.717, 1.165) is 16.5 Å². The number of halogens is 1. The van der Waals surface area contributed by atoms with E-state index in [1.807, 2.05) is 36.4 Å². The van der Waals surface area contributed by atoms with Crippen LogP contribution >= 0.6 is 0 Å². The van der Waals surface area contributed by atoms with Crippen LogP contribution in [0.4, 0.5) is 4.39 Å². The highest BCUT2D eigenvalue weighted by Crippen LogP contribution is 2.29. The number of fused-ring (bicyclic) bond motifs is 1. The van der Waals surface area contributed by atoms with E-state index in [4.69, 9.17) is 4.42 Å². The summed E-state index contributed by atoms with van der Waals surface area (Å²) >= 11 is 0. The molecule has 0 aliphatic carbocycles. The van der Waals surface area contributed by atoms with Gasteiger partial charge in [0, 0.05) is 17.4 Å². The lowest BCUT2D eigenvalue weighted by Gasteiger charge is -2.00. The molecule has 3 rings (SSSR count). The van der Waals surface area contributed by atoms with Crippen LogP contribution in [0.25, 0.3) is 22.3 Å². The average molecular weight is 268 g/mol. The highest BCUT2D eigenvalue weighted by Gasteiger charge is 2.09. The van der Waals surface area contributed by atoms with Gasteiger partial charge in [-0.1, -0.05) is 36.4 Å². The van der Waals surface area contributed by atoms with Crippen LogP contribution in [-0.4, -0.2) is 5.78 Å². The molecular weight excluding hydrogens is 255 g/mol. The predicted molar refractivity (Wildman–Crippen MR) is 76.0 cm³/mol. The summed E-state index contributed by atoms with van der Waals surface area (Å²) in [5.74, 6) is 0.394. The molecule has 0 aliphatic heterocycles. The van der Waals surface area contributed by atoms with Crippen molar-refractivity contribution in [2.24, 2.45) is 0 Å². The second-order valence-corrected chi connectivity index (χ2v) is 4.84. The fourth-order valence-corrected chi connectivity index (χ4v) is 2.24. The van der Waals surface area contributed by atoms with E-state index in [9.17, 15) is 9.18 Å². The Kier molecular flexibility index (Phi) is 3.11. The van der Waals surface area contributed by atoms with Gasteiger partial charge in [0.05, 0.1) is 0 Å². The summed E-state index contributed by atoms with van der Waals surface area (Å²) in [5, 5.41) is 0.743. The molecule has 0 saturated heterocycles. The first-order chi connectivity index (χ1) is 9.63. The van der Waals surface area contributed by atoms with Crippen LogP contribution in [-0.2, 0) is 11.2 Å². The maximum atomic E-state index is 13.6. The van der Waals surface area contributed by atoms with Crippen molar-refractivity contribution in [1.29, 1.82) is 0 Å². The SMILES string of the molecule is CC(=O)Cc1ccc(-c2cc3cccc(F)c3o2)cc1. The first-order valence-electron chi connectivity index (χ1n) is 6.40. The van der Waals surface area contributed by atoms with Crippen LogP contribution in [0.2, 0.25) is 0 Å². The molecule has 2 aromatic carbocycles. The fourth-order valence-electron chi connectivity index (χ4n) is 2.24. The standard InChI is InChI=1S/C17H13FO2/c1-11(19)9-12-5-7-13(8-6-12)16-10-14-3-2-4-15(18)17(14)20-16/h2-8,10H,9H2,1H3. The zero-order valence-electron chi connectivity index (χ0n) is 11.0. The Hall–Kier alpha value is -2.42. The average Bonchev–Trinajstić information content (AvgIpc) is 2.84. The number of rotatable bonds is 3. The number of furan rings is 1. The molecular formula is C17H13FO2. The Labute approximate surface area is 115 Å². The number of hydrogen-bond acceptors (Lipinski definition) is 2. The first-order valence-corrected chi connectivity index (χ1v) is 6.40. The van der Waals surface area contributed by atoms with Crippen molar-refractivity contribution in [2.75, 3.05) is 0 Å². The molecule has 0 atom stereocenters. The number of carbonyl (C=O) groups is 1. The zero-order valence-corrected chi connectivity index (χ0v) is 11.0. The van der Waals surface area contributed by atoms with E-state index in [1.165, 1.54) is 6.07 Å². The Morgan fingerprint density at radius 1 is 1.15 bits per heavy atom. The van der Waals surface area contributed by atoms with Crippen molar-refractivity contribution in [1.82, 2.24) is 0 Å². The van der Waals surface area contributed by atoms with Gasteiger partial charge in [-0.05, 0) is 24.6 Å². The van der Waals surface area contributed by atoms with Crippen molar-refractivity contribution < 1.29 is 13.6 Å². The zero-order chi connectivity index (χ0) is 14.1. The van der Waals surface area contributed by atoms with Crippen LogP contribution in [0.3, 0.4) is 0 Å². The van der Waals surface area contributed by atoms with Gasteiger partial charge in [-0.25, -0.2) is 4.39 Å². The van der Waals surface area contributed by atoms with E-state index in [0.29, 0.717) is 12.2 Å². The lowest BCUT2D eigenvalue weighted by Crippen LogP contribution is -1.95. The number of carbonyl (C=O) groups excluding carboxylic acids is 1. The monoisotopic (exact) mass is 268 g/mol. The number of benzene rings is 2. The van der Waals surface area contributed by atoms with E-state index in [1.54, 1.807) is 13.0 Å². The second-order valence-electron chi connectivity index (χ2n) is 4.84. The Morgan fingerprint density at radius 2 is 1.90 bits per heavy atom. The molecule has 0 spiro atoms. The molecule has 0 bridgehead atoms. The smallest absolute Gasteiger partial charge is 0.170 e. The van der Waals surface area contributed by atoms with Crippen molar-refractivity contribution >= 4 is 16.8 Å². The van der Waals surface area contributed by atoms with Gasteiger partial charge in [-0.3, -0.25) is 4.79 Å². The Balaban J connectivity index is 1.98. The van der Waals surface area contributed by atoms with Gasteiger partial charge in [-0.15, -0.1) is 0 Å². The van der Waals surface area contributed by atoms with Crippen LogP contribution < -0.4 is 0 Å². The summed E-state index contributed by atoms with van der Waals surface area (Å²) in [7, 11) is 0. The third-order valence-electron chi connectivity index (χ3n) is 3.19. The molecule has 0 saturated carbocycles. The summed E-state index contributed by atoms with van der Waals surface area (Å²) in [6.07, 6.45) is 0.426. The molecule has 0 unspecified atom stereocenters. The van der Waals surface area contributed by atoms with Gasteiger partial charge < -0.3 is 4.42 Å². The summed E-state index contributed by atoms with van der Waals surface area (Å²) in [4.78, 5) is 11.1. The molecule has 3 heteroatoms. The van der Waals surface area contributed by atoms with Crippen LogP contribution in [0.1, 0.15) is 12.5 Å². The predicted octanol–water partition coefficient (Wildman–Crippen LogP) is 4.37. The summed E-state index contributed by atoms with van der Waals surface area (Å²) in [5.41, 5.74) is 2.10. The fraction of sp³-hybridized carbons (Fsp3) is 0.118. The molecule has 100 valence electrons. The van der Waals surface area contributed by atoms with Crippen LogP contribution in [0, 0.1) is 5.82 Å². The topological polar surface area (TPSA) is 30.2 Å². The molecule has 2 nitrogen and oxygen atoms in total. The Bertz CT molecular complexity index is 769.